The van der Waals surface area contributed by atoms with E-state index < -0.39 is 11.7 Å². The predicted molar refractivity (Wildman–Crippen MR) is 67.0 cm³/mol. The highest BCUT2D eigenvalue weighted by molar-refractivity contribution is 5.19. The molecule has 0 aliphatic carbocycles. The van der Waals surface area contributed by atoms with Gasteiger partial charge >= 0.3 is 6.18 Å². The molecular weight excluding hydrogens is 259 g/mol. The van der Waals surface area contributed by atoms with Crippen LogP contribution < -0.4 is 4.74 Å². The first-order valence-corrected chi connectivity index (χ1v) is 6.22. The molecule has 0 radical (unpaired) electrons. The highest BCUT2D eigenvalue weighted by Crippen LogP contribution is 2.29. The Labute approximate surface area is 111 Å². The summed E-state index contributed by atoms with van der Waals surface area (Å²) in [5.41, 5.74) is -0.763. The number of ether oxygens (including phenoxy) is 1. The van der Waals surface area contributed by atoms with E-state index in [-0.39, 0.29) is 5.88 Å². The van der Waals surface area contributed by atoms with Crippen molar-refractivity contribution in [1.82, 2.24) is 4.98 Å². The second-order valence-electron chi connectivity index (χ2n) is 3.81. The third-order valence-corrected chi connectivity index (χ3v) is 2.03. The van der Waals surface area contributed by atoms with Gasteiger partial charge in [0.1, 0.15) is 0 Å². The number of rotatable bonds is 5. The lowest BCUT2D eigenvalue weighted by Gasteiger charge is -2.07. The Bertz CT molecular complexity index is 324. The van der Waals surface area contributed by atoms with E-state index in [1.54, 1.807) is 0 Å². The van der Waals surface area contributed by atoms with Gasteiger partial charge in [-0.1, -0.05) is 20.3 Å². The minimum atomic E-state index is -4.34. The number of aliphatic hydroxyl groups is 1. The van der Waals surface area contributed by atoms with Crippen molar-refractivity contribution in [2.75, 3.05) is 13.2 Å². The number of pyridine rings is 1. The smallest absolute Gasteiger partial charge is 0.417 e. The Kier molecular flexibility index (Phi) is 8.95. The number of hydrogen-bond donors (Lipinski definition) is 1. The molecule has 0 aromatic carbocycles. The largest absolute Gasteiger partial charge is 0.478 e. The first-order valence-electron chi connectivity index (χ1n) is 6.22. The first-order chi connectivity index (χ1) is 8.95. The second kappa shape index (κ2) is 9.61. The molecule has 1 aromatic rings. The Morgan fingerprint density at radius 3 is 2.21 bits per heavy atom. The molecule has 3 nitrogen and oxygen atoms in total. The molecule has 0 saturated carbocycles. The number of nitrogens with zero attached hydrogens (tertiary/aromatic N) is 1. The van der Waals surface area contributed by atoms with Crippen molar-refractivity contribution >= 4 is 0 Å². The van der Waals surface area contributed by atoms with E-state index in [0.717, 1.165) is 31.5 Å². The lowest BCUT2D eigenvalue weighted by atomic mass is 10.3. The molecule has 19 heavy (non-hydrogen) atoms. The molecule has 0 aliphatic rings. The Morgan fingerprint density at radius 2 is 1.89 bits per heavy atom. The zero-order valence-corrected chi connectivity index (χ0v) is 11.2. The van der Waals surface area contributed by atoms with Crippen molar-refractivity contribution in [3.05, 3.63) is 23.9 Å². The molecule has 0 fully saturated rings. The average Bonchev–Trinajstić information content (AvgIpc) is 2.37. The van der Waals surface area contributed by atoms with Gasteiger partial charge in [0.05, 0.1) is 12.2 Å². The van der Waals surface area contributed by atoms with Crippen LogP contribution in [0.5, 0.6) is 5.88 Å². The van der Waals surface area contributed by atoms with E-state index in [9.17, 15) is 13.2 Å². The molecule has 0 atom stereocenters. The summed E-state index contributed by atoms with van der Waals surface area (Å²) in [7, 11) is 0. The molecule has 0 bridgehead atoms. The topological polar surface area (TPSA) is 42.4 Å². The molecule has 0 saturated heterocycles. The SMILES string of the molecule is CCCCO.CCCOc1ccc(C(F)(F)F)cn1. The van der Waals surface area contributed by atoms with Gasteiger partial charge in [0.15, 0.2) is 0 Å². The summed E-state index contributed by atoms with van der Waals surface area (Å²) in [6, 6.07) is 2.18. The van der Waals surface area contributed by atoms with Crippen molar-refractivity contribution in [1.29, 1.82) is 0 Å². The summed E-state index contributed by atoms with van der Waals surface area (Å²) in [6.07, 6.45) is -0.736. The summed E-state index contributed by atoms with van der Waals surface area (Å²) in [5, 5.41) is 8.07. The van der Waals surface area contributed by atoms with Crippen molar-refractivity contribution in [2.45, 2.75) is 39.3 Å². The maximum Gasteiger partial charge on any atom is 0.417 e. The normalized spacial score (nSPS) is 10.6. The van der Waals surface area contributed by atoms with Gasteiger partial charge in [0.2, 0.25) is 5.88 Å². The first kappa shape index (κ1) is 17.7. The number of aromatic nitrogens is 1. The Balaban J connectivity index is 0.000000555. The van der Waals surface area contributed by atoms with E-state index in [0.29, 0.717) is 13.2 Å². The molecule has 6 heteroatoms. The van der Waals surface area contributed by atoms with Gasteiger partial charge in [0.25, 0.3) is 0 Å². The molecule has 0 unspecified atom stereocenters. The summed E-state index contributed by atoms with van der Waals surface area (Å²) in [5.74, 6) is 0.222. The molecule has 1 aromatic heterocycles. The Morgan fingerprint density at radius 1 is 1.21 bits per heavy atom. The van der Waals surface area contributed by atoms with Crippen molar-refractivity contribution < 1.29 is 23.0 Å². The van der Waals surface area contributed by atoms with Crippen molar-refractivity contribution in [3.63, 3.8) is 0 Å². The molecule has 1 N–H and O–H groups in total. The van der Waals surface area contributed by atoms with E-state index in [1.807, 2.05) is 6.92 Å². The molecule has 110 valence electrons. The maximum atomic E-state index is 12.1. The zero-order valence-electron chi connectivity index (χ0n) is 11.2. The molecule has 0 spiro atoms. The molecule has 1 heterocycles. The standard InChI is InChI=1S/C9H10F3NO.C4H10O/c1-2-5-14-8-4-3-7(6-13-8)9(10,11)12;1-2-3-4-5/h3-4,6H,2,5H2,1H3;5H,2-4H2,1H3. The van der Waals surface area contributed by atoms with Crippen molar-refractivity contribution in [2.24, 2.45) is 0 Å². The zero-order chi connectivity index (χ0) is 14.7. The second-order valence-corrected chi connectivity index (χ2v) is 3.81. The lowest BCUT2D eigenvalue weighted by Crippen LogP contribution is -2.06. The lowest BCUT2D eigenvalue weighted by molar-refractivity contribution is -0.137. The summed E-state index contributed by atoms with van der Waals surface area (Å²) >= 11 is 0. The van der Waals surface area contributed by atoms with Crippen LogP contribution in [0.2, 0.25) is 0 Å². The van der Waals surface area contributed by atoms with Gasteiger partial charge in [-0.15, -0.1) is 0 Å². The van der Waals surface area contributed by atoms with Crippen LogP contribution in [0.4, 0.5) is 13.2 Å². The summed E-state index contributed by atoms with van der Waals surface area (Å²) in [6.45, 7) is 4.76. The van der Waals surface area contributed by atoms with Crippen LogP contribution in [-0.2, 0) is 6.18 Å². The molecule has 0 amide bonds. The van der Waals surface area contributed by atoms with Gasteiger partial charge in [-0.2, -0.15) is 13.2 Å². The monoisotopic (exact) mass is 279 g/mol. The average molecular weight is 279 g/mol. The van der Waals surface area contributed by atoms with E-state index in [4.69, 9.17) is 9.84 Å². The molecule has 0 aliphatic heterocycles. The number of halogens is 3. The van der Waals surface area contributed by atoms with E-state index in [2.05, 4.69) is 11.9 Å². The summed E-state index contributed by atoms with van der Waals surface area (Å²) < 4.78 is 41.3. The van der Waals surface area contributed by atoms with Gasteiger partial charge < -0.3 is 9.84 Å². The minimum Gasteiger partial charge on any atom is -0.478 e. The van der Waals surface area contributed by atoms with Crippen LogP contribution >= 0.6 is 0 Å². The van der Waals surface area contributed by atoms with Gasteiger partial charge in [-0.05, 0) is 18.9 Å². The minimum absolute atomic E-state index is 0.222. The van der Waals surface area contributed by atoms with Crippen LogP contribution in [0.3, 0.4) is 0 Å². The van der Waals surface area contributed by atoms with Crippen LogP contribution in [0.25, 0.3) is 0 Å². The number of unbranched alkanes of at least 4 members (excludes halogenated alkanes) is 1. The number of hydrogen-bond acceptors (Lipinski definition) is 3. The number of alkyl halides is 3. The summed E-state index contributed by atoms with van der Waals surface area (Å²) in [4.78, 5) is 3.54. The van der Waals surface area contributed by atoms with Crippen molar-refractivity contribution in [3.8, 4) is 5.88 Å². The highest BCUT2D eigenvalue weighted by atomic mass is 19.4. The van der Waals surface area contributed by atoms with E-state index >= 15 is 0 Å². The molecule has 1 rings (SSSR count). The van der Waals surface area contributed by atoms with Crippen LogP contribution in [0.1, 0.15) is 38.7 Å². The highest BCUT2D eigenvalue weighted by Gasteiger charge is 2.30. The Hall–Kier alpha value is -1.30. The van der Waals surface area contributed by atoms with Gasteiger partial charge in [-0.3, -0.25) is 0 Å². The predicted octanol–water partition coefficient (Wildman–Crippen LogP) is 3.67. The van der Waals surface area contributed by atoms with Crippen LogP contribution in [-0.4, -0.2) is 23.3 Å². The van der Waals surface area contributed by atoms with Crippen LogP contribution in [0, 0.1) is 0 Å². The van der Waals surface area contributed by atoms with E-state index in [1.165, 1.54) is 6.07 Å². The maximum absolute atomic E-state index is 12.1. The molecular formula is C13H20F3NO2. The fourth-order valence-electron chi connectivity index (χ4n) is 0.998. The van der Waals surface area contributed by atoms with Crippen LogP contribution in [0.15, 0.2) is 18.3 Å². The number of aliphatic hydroxyl groups excluding tert-OH is 1. The fourth-order valence-corrected chi connectivity index (χ4v) is 0.998. The quantitative estimate of drug-likeness (QED) is 0.894. The van der Waals surface area contributed by atoms with Gasteiger partial charge in [-0.25, -0.2) is 4.98 Å². The third-order valence-electron chi connectivity index (χ3n) is 2.03. The van der Waals surface area contributed by atoms with Gasteiger partial charge in [0, 0.05) is 18.9 Å². The fraction of sp³-hybridized carbons (Fsp3) is 0.615. The third kappa shape index (κ3) is 8.42.